The van der Waals surface area contributed by atoms with Crippen LogP contribution in [0.25, 0.3) is 0 Å². The van der Waals surface area contributed by atoms with Gasteiger partial charge in [0, 0.05) is 32.4 Å². The van der Waals surface area contributed by atoms with E-state index >= 15 is 0 Å². The van der Waals surface area contributed by atoms with Gasteiger partial charge in [-0.1, -0.05) is 18.2 Å². The highest BCUT2D eigenvalue weighted by atomic mass is 19.4. The van der Waals surface area contributed by atoms with Crippen LogP contribution in [-0.2, 0) is 19.1 Å². The molecule has 1 saturated heterocycles. The molecular formula is C20H23F3N4O. The summed E-state index contributed by atoms with van der Waals surface area (Å²) in [6.07, 6.45) is 0.265. The maximum atomic E-state index is 12.5. The summed E-state index contributed by atoms with van der Waals surface area (Å²) in [6.45, 7) is 2.76. The molecule has 150 valence electrons. The predicted molar refractivity (Wildman–Crippen MR) is 101 cm³/mol. The summed E-state index contributed by atoms with van der Waals surface area (Å²) in [6, 6.07) is 8.54. The van der Waals surface area contributed by atoms with Crippen molar-refractivity contribution in [1.29, 1.82) is 0 Å². The van der Waals surface area contributed by atoms with Crippen LogP contribution >= 0.6 is 0 Å². The lowest BCUT2D eigenvalue weighted by molar-refractivity contribution is -0.137. The van der Waals surface area contributed by atoms with Crippen LogP contribution < -0.4 is 15.5 Å². The molecule has 1 aromatic heterocycles. The summed E-state index contributed by atoms with van der Waals surface area (Å²) in [5, 5.41) is 5.45. The number of aromatic nitrogens is 1. The van der Waals surface area contributed by atoms with E-state index in [-0.39, 0.29) is 6.03 Å². The Bertz CT molecular complexity index is 770. The normalized spacial score (nSPS) is 14.2. The van der Waals surface area contributed by atoms with Gasteiger partial charge in [-0.2, -0.15) is 13.2 Å². The third-order valence-corrected chi connectivity index (χ3v) is 4.67. The van der Waals surface area contributed by atoms with Crippen molar-refractivity contribution in [3.63, 3.8) is 0 Å². The molecule has 0 radical (unpaired) electrons. The van der Waals surface area contributed by atoms with E-state index in [4.69, 9.17) is 0 Å². The van der Waals surface area contributed by atoms with E-state index in [0.717, 1.165) is 42.2 Å². The van der Waals surface area contributed by atoms with Crippen LogP contribution in [0.5, 0.6) is 0 Å². The fourth-order valence-electron chi connectivity index (χ4n) is 3.08. The largest absolute Gasteiger partial charge is 0.416 e. The van der Waals surface area contributed by atoms with Crippen LogP contribution in [0.2, 0.25) is 0 Å². The molecule has 1 aromatic carbocycles. The number of hydrogen-bond donors (Lipinski definition) is 2. The number of benzene rings is 1. The Labute approximate surface area is 162 Å². The molecule has 5 nitrogen and oxygen atoms in total. The van der Waals surface area contributed by atoms with Crippen LogP contribution in [0.15, 0.2) is 42.6 Å². The van der Waals surface area contributed by atoms with Gasteiger partial charge >= 0.3 is 12.2 Å². The number of nitrogens with zero attached hydrogens (tertiary/aromatic N) is 2. The molecule has 2 amide bonds. The van der Waals surface area contributed by atoms with Gasteiger partial charge in [-0.3, -0.25) is 0 Å². The molecule has 2 heterocycles. The molecule has 2 N–H and O–H groups in total. The van der Waals surface area contributed by atoms with E-state index in [1.54, 1.807) is 6.20 Å². The fraction of sp³-hybridized carbons (Fsp3) is 0.400. The summed E-state index contributed by atoms with van der Waals surface area (Å²) >= 11 is 0. The highest BCUT2D eigenvalue weighted by molar-refractivity contribution is 5.73. The first kappa shape index (κ1) is 20.0. The number of anilines is 1. The number of halogens is 3. The second-order valence-electron chi connectivity index (χ2n) is 6.77. The highest BCUT2D eigenvalue weighted by Gasteiger charge is 2.29. The Morgan fingerprint density at radius 1 is 1.00 bits per heavy atom. The zero-order chi connectivity index (χ0) is 20.0. The molecule has 2 aromatic rings. The zero-order valence-electron chi connectivity index (χ0n) is 15.4. The Kier molecular flexibility index (Phi) is 6.38. The summed E-state index contributed by atoms with van der Waals surface area (Å²) in [4.78, 5) is 18.5. The molecule has 0 aliphatic carbocycles. The molecule has 8 heteroatoms. The summed E-state index contributed by atoms with van der Waals surface area (Å²) in [5.41, 5.74) is 0.960. The van der Waals surface area contributed by atoms with Gasteiger partial charge in [-0.05, 0) is 48.6 Å². The van der Waals surface area contributed by atoms with Crippen molar-refractivity contribution in [2.45, 2.75) is 32.0 Å². The van der Waals surface area contributed by atoms with E-state index in [1.165, 1.54) is 25.0 Å². The Balaban J connectivity index is 1.37. The number of rotatable bonds is 6. The number of pyridine rings is 1. The zero-order valence-corrected chi connectivity index (χ0v) is 15.4. The topological polar surface area (TPSA) is 57.3 Å². The standard InChI is InChI=1S/C20H23F3N4O/c21-20(22,23)17-6-3-15(4-7-17)9-10-24-19(28)26-14-16-5-8-18(25-13-16)27-11-1-2-12-27/h3-8,13H,1-2,9-12,14H2,(H2,24,26,28). The van der Waals surface area contributed by atoms with Crippen molar-refractivity contribution in [2.75, 3.05) is 24.5 Å². The molecular weight excluding hydrogens is 369 g/mol. The summed E-state index contributed by atoms with van der Waals surface area (Å²) in [5.74, 6) is 0.960. The number of alkyl halides is 3. The number of urea groups is 1. The molecule has 0 saturated carbocycles. The number of amides is 2. The average molecular weight is 392 g/mol. The fourth-order valence-corrected chi connectivity index (χ4v) is 3.08. The first-order valence-corrected chi connectivity index (χ1v) is 9.29. The molecule has 1 fully saturated rings. The number of carbonyl (C=O) groups excluding carboxylic acids is 1. The minimum Gasteiger partial charge on any atom is -0.357 e. The third-order valence-electron chi connectivity index (χ3n) is 4.67. The lowest BCUT2D eigenvalue weighted by Crippen LogP contribution is -2.36. The molecule has 28 heavy (non-hydrogen) atoms. The first-order chi connectivity index (χ1) is 13.4. The molecule has 1 aliphatic rings. The van der Waals surface area contributed by atoms with Gasteiger partial charge < -0.3 is 15.5 Å². The smallest absolute Gasteiger partial charge is 0.357 e. The number of nitrogens with one attached hydrogen (secondary N) is 2. The van der Waals surface area contributed by atoms with Crippen molar-refractivity contribution in [3.8, 4) is 0 Å². The molecule has 0 atom stereocenters. The Hall–Kier alpha value is -2.77. The third kappa shape index (κ3) is 5.61. The maximum absolute atomic E-state index is 12.5. The van der Waals surface area contributed by atoms with Gasteiger partial charge in [0.1, 0.15) is 5.82 Å². The minimum absolute atomic E-state index is 0.324. The van der Waals surface area contributed by atoms with Gasteiger partial charge in [0.25, 0.3) is 0 Å². The van der Waals surface area contributed by atoms with Crippen molar-refractivity contribution >= 4 is 11.8 Å². The van der Waals surface area contributed by atoms with E-state index in [9.17, 15) is 18.0 Å². The first-order valence-electron chi connectivity index (χ1n) is 9.29. The monoisotopic (exact) mass is 392 g/mol. The van der Waals surface area contributed by atoms with Crippen LogP contribution in [0, 0.1) is 0 Å². The van der Waals surface area contributed by atoms with Gasteiger partial charge in [0.15, 0.2) is 0 Å². The molecule has 1 aliphatic heterocycles. The van der Waals surface area contributed by atoms with Crippen molar-refractivity contribution in [1.82, 2.24) is 15.6 Å². The summed E-state index contributed by atoms with van der Waals surface area (Å²) in [7, 11) is 0. The molecule has 0 spiro atoms. The Morgan fingerprint density at radius 2 is 1.68 bits per heavy atom. The molecule has 3 rings (SSSR count). The van der Waals surface area contributed by atoms with Gasteiger partial charge in [-0.25, -0.2) is 9.78 Å². The van der Waals surface area contributed by atoms with E-state index in [2.05, 4.69) is 20.5 Å². The lowest BCUT2D eigenvalue weighted by atomic mass is 10.1. The van der Waals surface area contributed by atoms with Crippen LogP contribution in [0.4, 0.5) is 23.8 Å². The van der Waals surface area contributed by atoms with Crippen LogP contribution in [0.1, 0.15) is 29.5 Å². The second kappa shape index (κ2) is 8.95. The number of carbonyl (C=O) groups is 1. The lowest BCUT2D eigenvalue weighted by Gasteiger charge is -2.16. The maximum Gasteiger partial charge on any atom is 0.416 e. The van der Waals surface area contributed by atoms with E-state index in [1.807, 2.05) is 12.1 Å². The van der Waals surface area contributed by atoms with Gasteiger partial charge in [0.05, 0.1) is 5.56 Å². The minimum atomic E-state index is -4.34. The van der Waals surface area contributed by atoms with E-state index < -0.39 is 11.7 Å². The summed E-state index contributed by atoms with van der Waals surface area (Å²) < 4.78 is 37.6. The van der Waals surface area contributed by atoms with Crippen molar-refractivity contribution < 1.29 is 18.0 Å². The number of hydrogen-bond acceptors (Lipinski definition) is 3. The predicted octanol–water partition coefficient (Wildman–Crippen LogP) is 3.74. The average Bonchev–Trinajstić information content (AvgIpc) is 3.21. The highest BCUT2D eigenvalue weighted by Crippen LogP contribution is 2.29. The van der Waals surface area contributed by atoms with Gasteiger partial charge in [-0.15, -0.1) is 0 Å². The van der Waals surface area contributed by atoms with Gasteiger partial charge in [0.2, 0.25) is 0 Å². The Morgan fingerprint density at radius 3 is 2.29 bits per heavy atom. The molecule has 0 unspecified atom stereocenters. The second-order valence-corrected chi connectivity index (χ2v) is 6.77. The SMILES string of the molecule is O=C(NCCc1ccc(C(F)(F)F)cc1)NCc1ccc(N2CCCC2)nc1. The molecule has 0 bridgehead atoms. The van der Waals surface area contributed by atoms with Crippen molar-refractivity contribution in [2.24, 2.45) is 0 Å². The van der Waals surface area contributed by atoms with Crippen LogP contribution in [0.3, 0.4) is 0 Å². The quantitative estimate of drug-likeness (QED) is 0.787. The van der Waals surface area contributed by atoms with Crippen molar-refractivity contribution in [3.05, 3.63) is 59.3 Å². The van der Waals surface area contributed by atoms with Crippen LogP contribution in [-0.4, -0.2) is 30.6 Å². The van der Waals surface area contributed by atoms with E-state index in [0.29, 0.717) is 19.5 Å².